The Morgan fingerprint density at radius 2 is 2.16 bits per heavy atom. The largest absolute Gasteiger partial charge is 0.478 e. The van der Waals surface area contributed by atoms with Crippen LogP contribution in [0.2, 0.25) is 5.02 Å². The second-order valence-electron chi connectivity index (χ2n) is 3.59. The van der Waals surface area contributed by atoms with Crippen molar-refractivity contribution in [1.82, 2.24) is 4.98 Å². The predicted molar refractivity (Wildman–Crippen MR) is 69.0 cm³/mol. The van der Waals surface area contributed by atoms with Gasteiger partial charge in [-0.25, -0.2) is 9.78 Å². The molecule has 0 radical (unpaired) electrons. The molecule has 1 N–H and O–H groups in total. The van der Waals surface area contributed by atoms with Crippen molar-refractivity contribution in [3.8, 4) is 5.88 Å². The first-order valence-electron chi connectivity index (χ1n) is 5.74. The van der Waals surface area contributed by atoms with E-state index in [0.29, 0.717) is 32.8 Å². The number of aromatic nitrogens is 1. The number of carbonyl (C=O) groups is 1. The lowest BCUT2D eigenvalue weighted by atomic mass is 10.3. The van der Waals surface area contributed by atoms with Gasteiger partial charge in [-0.05, 0) is 6.07 Å². The number of hydrogen-bond donors (Lipinski definition) is 1. The second kappa shape index (κ2) is 8.68. The standard InChI is InChI=1S/C12H16ClNO5/c1-17-7-8-18-5-2-6-19-11-10(13)9(12(15)16)3-4-14-11/h3-4H,2,5-8H2,1H3,(H,15,16). The summed E-state index contributed by atoms with van der Waals surface area (Å²) < 4.78 is 15.4. The molecule has 0 amide bonds. The average molecular weight is 290 g/mol. The van der Waals surface area contributed by atoms with Crippen LogP contribution < -0.4 is 4.74 Å². The van der Waals surface area contributed by atoms with Crippen molar-refractivity contribution in [3.63, 3.8) is 0 Å². The highest BCUT2D eigenvalue weighted by Crippen LogP contribution is 2.25. The number of pyridine rings is 1. The summed E-state index contributed by atoms with van der Waals surface area (Å²) in [5.41, 5.74) is -0.0250. The maximum Gasteiger partial charge on any atom is 0.337 e. The van der Waals surface area contributed by atoms with Gasteiger partial charge < -0.3 is 19.3 Å². The molecule has 0 spiro atoms. The third-order valence-corrected chi connectivity index (χ3v) is 2.56. The number of carboxylic acids is 1. The van der Waals surface area contributed by atoms with E-state index >= 15 is 0 Å². The highest BCUT2D eigenvalue weighted by Gasteiger charge is 2.13. The number of ether oxygens (including phenoxy) is 3. The minimum atomic E-state index is -1.11. The van der Waals surface area contributed by atoms with Crippen LogP contribution in [0.5, 0.6) is 5.88 Å². The van der Waals surface area contributed by atoms with Gasteiger partial charge in [0, 0.05) is 26.3 Å². The quantitative estimate of drug-likeness (QED) is 0.699. The maximum atomic E-state index is 10.9. The fraction of sp³-hybridized carbons (Fsp3) is 0.500. The van der Waals surface area contributed by atoms with E-state index < -0.39 is 5.97 Å². The average Bonchev–Trinajstić information content (AvgIpc) is 2.39. The first kappa shape index (κ1) is 15.7. The first-order valence-corrected chi connectivity index (χ1v) is 6.12. The Morgan fingerprint density at radius 1 is 1.37 bits per heavy atom. The van der Waals surface area contributed by atoms with E-state index in [2.05, 4.69) is 4.98 Å². The van der Waals surface area contributed by atoms with Gasteiger partial charge in [0.2, 0.25) is 5.88 Å². The van der Waals surface area contributed by atoms with Gasteiger partial charge in [0.15, 0.2) is 0 Å². The summed E-state index contributed by atoms with van der Waals surface area (Å²) in [4.78, 5) is 14.7. The summed E-state index contributed by atoms with van der Waals surface area (Å²) >= 11 is 5.87. The molecular formula is C12H16ClNO5. The monoisotopic (exact) mass is 289 g/mol. The van der Waals surface area contributed by atoms with Crippen LogP contribution in [0.1, 0.15) is 16.8 Å². The highest BCUT2D eigenvalue weighted by molar-refractivity contribution is 6.34. The van der Waals surface area contributed by atoms with E-state index in [1.807, 2.05) is 0 Å². The highest BCUT2D eigenvalue weighted by atomic mass is 35.5. The van der Waals surface area contributed by atoms with Crippen molar-refractivity contribution in [1.29, 1.82) is 0 Å². The molecule has 0 aromatic carbocycles. The molecule has 1 heterocycles. The van der Waals surface area contributed by atoms with E-state index in [9.17, 15) is 4.79 Å². The number of nitrogens with zero attached hydrogens (tertiary/aromatic N) is 1. The molecule has 106 valence electrons. The molecule has 0 aliphatic rings. The van der Waals surface area contributed by atoms with Gasteiger partial charge in [-0.15, -0.1) is 0 Å². The SMILES string of the molecule is COCCOCCCOc1nccc(C(=O)O)c1Cl. The van der Waals surface area contributed by atoms with Gasteiger partial charge in [-0.1, -0.05) is 11.6 Å². The Balaban J connectivity index is 2.33. The molecule has 0 aliphatic carbocycles. The molecule has 0 bridgehead atoms. The molecule has 6 nitrogen and oxygen atoms in total. The van der Waals surface area contributed by atoms with Crippen LogP contribution in [0.3, 0.4) is 0 Å². The van der Waals surface area contributed by atoms with Crippen molar-refractivity contribution >= 4 is 17.6 Å². The molecule has 0 fully saturated rings. The molecule has 19 heavy (non-hydrogen) atoms. The minimum Gasteiger partial charge on any atom is -0.478 e. The van der Waals surface area contributed by atoms with Crippen molar-refractivity contribution in [2.75, 3.05) is 33.5 Å². The molecular weight excluding hydrogens is 274 g/mol. The Kier molecular flexibility index (Phi) is 7.17. The van der Waals surface area contributed by atoms with Crippen LogP contribution in [0.4, 0.5) is 0 Å². The summed E-state index contributed by atoms with van der Waals surface area (Å²) in [6.45, 7) is 1.96. The van der Waals surface area contributed by atoms with Gasteiger partial charge in [-0.3, -0.25) is 0 Å². The minimum absolute atomic E-state index is 0.00954. The van der Waals surface area contributed by atoms with Crippen molar-refractivity contribution < 1.29 is 24.1 Å². The normalized spacial score (nSPS) is 10.4. The van der Waals surface area contributed by atoms with Crippen molar-refractivity contribution in [2.45, 2.75) is 6.42 Å². The number of carboxylic acid groups (broad SMARTS) is 1. The smallest absolute Gasteiger partial charge is 0.337 e. The zero-order chi connectivity index (χ0) is 14.1. The van der Waals surface area contributed by atoms with E-state index in [4.69, 9.17) is 30.9 Å². The van der Waals surface area contributed by atoms with E-state index in [1.165, 1.54) is 12.3 Å². The van der Waals surface area contributed by atoms with Crippen LogP contribution >= 0.6 is 11.6 Å². The van der Waals surface area contributed by atoms with E-state index in [1.54, 1.807) is 7.11 Å². The maximum absolute atomic E-state index is 10.9. The molecule has 0 saturated heterocycles. The van der Waals surface area contributed by atoms with Crippen LogP contribution in [-0.4, -0.2) is 49.6 Å². The molecule has 1 aromatic heterocycles. The number of rotatable bonds is 9. The zero-order valence-electron chi connectivity index (χ0n) is 10.6. The predicted octanol–water partition coefficient (Wildman–Crippen LogP) is 1.87. The van der Waals surface area contributed by atoms with Crippen molar-refractivity contribution in [3.05, 3.63) is 22.8 Å². The Hall–Kier alpha value is -1.37. The van der Waals surface area contributed by atoms with Crippen LogP contribution in [0, 0.1) is 0 Å². The molecule has 7 heteroatoms. The van der Waals surface area contributed by atoms with Gasteiger partial charge in [0.05, 0.1) is 25.4 Å². The molecule has 0 unspecified atom stereocenters. The van der Waals surface area contributed by atoms with Crippen molar-refractivity contribution in [2.24, 2.45) is 0 Å². The summed E-state index contributed by atoms with van der Waals surface area (Å²) in [6.07, 6.45) is 2.00. The summed E-state index contributed by atoms with van der Waals surface area (Å²) in [7, 11) is 1.61. The summed E-state index contributed by atoms with van der Waals surface area (Å²) in [6, 6.07) is 1.32. The molecule has 1 rings (SSSR count). The molecule has 0 aliphatic heterocycles. The Bertz CT molecular complexity index is 413. The lowest BCUT2D eigenvalue weighted by molar-refractivity contribution is 0.0641. The van der Waals surface area contributed by atoms with Gasteiger partial charge in [0.25, 0.3) is 0 Å². The Labute approximate surface area is 116 Å². The second-order valence-corrected chi connectivity index (χ2v) is 3.97. The summed E-state index contributed by atoms with van der Waals surface area (Å²) in [5.74, 6) is -0.987. The fourth-order valence-electron chi connectivity index (χ4n) is 1.26. The van der Waals surface area contributed by atoms with Crippen LogP contribution in [-0.2, 0) is 9.47 Å². The van der Waals surface area contributed by atoms with E-state index in [-0.39, 0.29) is 16.5 Å². The first-order chi connectivity index (χ1) is 9.16. The van der Waals surface area contributed by atoms with Gasteiger partial charge in [-0.2, -0.15) is 0 Å². The van der Waals surface area contributed by atoms with Crippen LogP contribution in [0.25, 0.3) is 0 Å². The summed E-state index contributed by atoms with van der Waals surface area (Å²) in [5, 5.41) is 8.89. The molecule has 1 aromatic rings. The van der Waals surface area contributed by atoms with Crippen LogP contribution in [0.15, 0.2) is 12.3 Å². The third kappa shape index (κ3) is 5.42. The number of halogens is 1. The third-order valence-electron chi connectivity index (χ3n) is 2.19. The zero-order valence-corrected chi connectivity index (χ0v) is 11.4. The number of aromatic carboxylic acids is 1. The molecule has 0 atom stereocenters. The fourth-order valence-corrected chi connectivity index (χ4v) is 1.51. The van der Waals surface area contributed by atoms with E-state index in [0.717, 1.165) is 0 Å². The lowest BCUT2D eigenvalue weighted by Gasteiger charge is -2.08. The number of methoxy groups -OCH3 is 1. The lowest BCUT2D eigenvalue weighted by Crippen LogP contribution is -2.08. The molecule has 0 saturated carbocycles. The van der Waals surface area contributed by atoms with Gasteiger partial charge >= 0.3 is 5.97 Å². The van der Waals surface area contributed by atoms with Gasteiger partial charge in [0.1, 0.15) is 5.02 Å². The number of hydrogen-bond acceptors (Lipinski definition) is 5. The topological polar surface area (TPSA) is 77.9 Å². The Morgan fingerprint density at radius 3 is 2.84 bits per heavy atom.